The van der Waals surface area contributed by atoms with Crippen molar-refractivity contribution in [3.05, 3.63) is 35.9 Å². The second kappa shape index (κ2) is 6.07. The van der Waals surface area contributed by atoms with E-state index < -0.39 is 0 Å². The molecular weight excluding hydrogens is 260 g/mol. The first-order valence-electron chi connectivity index (χ1n) is 8.20. The summed E-state index contributed by atoms with van der Waals surface area (Å²) in [6.07, 6.45) is 2.39. The zero-order valence-electron chi connectivity index (χ0n) is 13.4. The minimum atomic E-state index is 0.0705. The molecule has 1 N–H and O–H groups in total. The molecule has 0 aliphatic carbocycles. The van der Waals surface area contributed by atoms with Gasteiger partial charge in [0.05, 0.1) is 5.54 Å². The molecule has 0 bridgehead atoms. The highest BCUT2D eigenvalue weighted by Gasteiger charge is 2.36. The van der Waals surface area contributed by atoms with Crippen LogP contribution < -0.4 is 5.32 Å². The van der Waals surface area contributed by atoms with Crippen LogP contribution in [0, 0.1) is 5.41 Å². The SMILES string of the molecule is CC1(CN2CCNC(C)(c3ccccc3)C2)CCOCC1. The number of nitrogens with one attached hydrogen (secondary N) is 1. The van der Waals surface area contributed by atoms with Crippen molar-refractivity contribution < 1.29 is 4.74 Å². The fourth-order valence-corrected chi connectivity index (χ4v) is 3.77. The van der Waals surface area contributed by atoms with Gasteiger partial charge in [-0.05, 0) is 30.7 Å². The molecule has 1 aromatic rings. The van der Waals surface area contributed by atoms with Crippen molar-refractivity contribution in [3.63, 3.8) is 0 Å². The summed E-state index contributed by atoms with van der Waals surface area (Å²) in [6, 6.07) is 10.9. The number of piperazine rings is 1. The smallest absolute Gasteiger partial charge is 0.0535 e. The van der Waals surface area contributed by atoms with E-state index in [1.165, 1.54) is 24.9 Å². The lowest BCUT2D eigenvalue weighted by Gasteiger charge is -2.46. The molecule has 2 fully saturated rings. The van der Waals surface area contributed by atoms with Crippen molar-refractivity contribution in [1.29, 1.82) is 0 Å². The van der Waals surface area contributed by atoms with E-state index in [4.69, 9.17) is 4.74 Å². The van der Waals surface area contributed by atoms with Gasteiger partial charge in [0.15, 0.2) is 0 Å². The predicted molar refractivity (Wildman–Crippen MR) is 86.4 cm³/mol. The van der Waals surface area contributed by atoms with Crippen LogP contribution in [0.4, 0.5) is 0 Å². The van der Waals surface area contributed by atoms with Gasteiger partial charge in [-0.15, -0.1) is 0 Å². The van der Waals surface area contributed by atoms with Crippen molar-refractivity contribution in [1.82, 2.24) is 10.2 Å². The Morgan fingerprint density at radius 1 is 1.14 bits per heavy atom. The van der Waals surface area contributed by atoms with E-state index in [1.54, 1.807) is 0 Å². The van der Waals surface area contributed by atoms with Gasteiger partial charge in [-0.1, -0.05) is 37.3 Å². The van der Waals surface area contributed by atoms with Gasteiger partial charge in [-0.25, -0.2) is 0 Å². The topological polar surface area (TPSA) is 24.5 Å². The molecule has 116 valence electrons. The number of benzene rings is 1. The molecule has 0 saturated carbocycles. The van der Waals surface area contributed by atoms with Crippen molar-refractivity contribution in [2.45, 2.75) is 32.2 Å². The molecule has 2 aliphatic rings. The van der Waals surface area contributed by atoms with Crippen LogP contribution in [-0.4, -0.2) is 44.3 Å². The molecule has 0 aromatic heterocycles. The van der Waals surface area contributed by atoms with Crippen LogP contribution in [0.15, 0.2) is 30.3 Å². The maximum atomic E-state index is 5.53. The average Bonchev–Trinajstić information content (AvgIpc) is 2.48. The highest BCUT2D eigenvalue weighted by Crippen LogP contribution is 2.33. The molecule has 1 aromatic carbocycles. The van der Waals surface area contributed by atoms with E-state index in [0.717, 1.165) is 32.8 Å². The summed E-state index contributed by atoms with van der Waals surface area (Å²) >= 11 is 0. The van der Waals surface area contributed by atoms with Gasteiger partial charge in [-0.3, -0.25) is 4.90 Å². The van der Waals surface area contributed by atoms with Crippen molar-refractivity contribution in [2.24, 2.45) is 5.41 Å². The van der Waals surface area contributed by atoms with Crippen molar-refractivity contribution >= 4 is 0 Å². The third kappa shape index (κ3) is 3.47. The maximum absolute atomic E-state index is 5.53. The Balaban J connectivity index is 1.68. The Labute approximate surface area is 128 Å². The number of hydrogen-bond acceptors (Lipinski definition) is 3. The van der Waals surface area contributed by atoms with Gasteiger partial charge >= 0.3 is 0 Å². The van der Waals surface area contributed by atoms with Gasteiger partial charge in [0.1, 0.15) is 0 Å². The molecule has 2 aliphatic heterocycles. The normalized spacial score (nSPS) is 30.2. The maximum Gasteiger partial charge on any atom is 0.0535 e. The highest BCUT2D eigenvalue weighted by molar-refractivity contribution is 5.24. The van der Waals surface area contributed by atoms with E-state index in [2.05, 4.69) is 54.4 Å². The summed E-state index contributed by atoms with van der Waals surface area (Å²) < 4.78 is 5.53. The molecule has 2 saturated heterocycles. The first-order valence-corrected chi connectivity index (χ1v) is 8.20. The van der Waals surface area contributed by atoms with Crippen LogP contribution in [0.25, 0.3) is 0 Å². The van der Waals surface area contributed by atoms with E-state index in [1.807, 2.05) is 0 Å². The monoisotopic (exact) mass is 288 g/mol. The van der Waals surface area contributed by atoms with Gasteiger partial charge in [-0.2, -0.15) is 0 Å². The van der Waals surface area contributed by atoms with Gasteiger partial charge in [0.25, 0.3) is 0 Å². The Morgan fingerprint density at radius 2 is 1.86 bits per heavy atom. The summed E-state index contributed by atoms with van der Waals surface area (Å²) in [5.41, 5.74) is 1.89. The van der Waals surface area contributed by atoms with Crippen molar-refractivity contribution in [2.75, 3.05) is 39.4 Å². The summed E-state index contributed by atoms with van der Waals surface area (Å²) in [6.45, 7) is 11.1. The number of ether oxygens (including phenoxy) is 1. The largest absolute Gasteiger partial charge is 0.381 e. The molecule has 0 radical (unpaired) electrons. The average molecular weight is 288 g/mol. The van der Waals surface area contributed by atoms with Crippen LogP contribution >= 0.6 is 0 Å². The molecule has 3 heteroatoms. The van der Waals surface area contributed by atoms with Gasteiger partial charge in [0.2, 0.25) is 0 Å². The first-order chi connectivity index (χ1) is 10.1. The Kier molecular flexibility index (Phi) is 4.34. The lowest BCUT2D eigenvalue weighted by Crippen LogP contribution is -2.58. The lowest BCUT2D eigenvalue weighted by atomic mass is 9.81. The fraction of sp³-hybridized carbons (Fsp3) is 0.667. The Bertz CT molecular complexity index is 456. The number of rotatable bonds is 3. The fourth-order valence-electron chi connectivity index (χ4n) is 3.77. The van der Waals surface area contributed by atoms with Crippen LogP contribution in [0.3, 0.4) is 0 Å². The van der Waals surface area contributed by atoms with E-state index in [9.17, 15) is 0 Å². The lowest BCUT2D eigenvalue weighted by molar-refractivity contribution is -0.00454. The standard InChI is InChI=1S/C18H28N2O/c1-17(8-12-21-13-9-17)14-20-11-10-19-18(2,15-20)16-6-4-3-5-7-16/h3-7,19H,8-15H2,1-2H3. The molecule has 3 nitrogen and oxygen atoms in total. The minimum Gasteiger partial charge on any atom is -0.381 e. The van der Waals surface area contributed by atoms with Crippen LogP contribution in [-0.2, 0) is 10.3 Å². The number of hydrogen-bond donors (Lipinski definition) is 1. The second-order valence-corrected chi connectivity index (χ2v) is 7.26. The number of nitrogens with zero attached hydrogens (tertiary/aromatic N) is 1. The predicted octanol–water partition coefficient (Wildman–Crippen LogP) is 2.62. The Morgan fingerprint density at radius 3 is 2.57 bits per heavy atom. The van der Waals surface area contributed by atoms with Crippen LogP contribution in [0.2, 0.25) is 0 Å². The molecule has 1 atom stereocenters. The zero-order chi connectivity index (χ0) is 14.8. The summed E-state index contributed by atoms with van der Waals surface area (Å²) in [4.78, 5) is 2.65. The first kappa shape index (κ1) is 15.0. The van der Waals surface area contributed by atoms with Crippen LogP contribution in [0.5, 0.6) is 0 Å². The van der Waals surface area contributed by atoms with E-state index in [0.29, 0.717) is 5.41 Å². The molecule has 2 heterocycles. The third-order valence-electron chi connectivity index (χ3n) is 5.20. The van der Waals surface area contributed by atoms with Gasteiger partial charge < -0.3 is 10.1 Å². The van der Waals surface area contributed by atoms with Crippen molar-refractivity contribution in [3.8, 4) is 0 Å². The minimum absolute atomic E-state index is 0.0705. The third-order valence-corrected chi connectivity index (χ3v) is 5.20. The zero-order valence-corrected chi connectivity index (χ0v) is 13.4. The summed E-state index contributed by atoms with van der Waals surface area (Å²) in [7, 11) is 0. The molecular formula is C18H28N2O. The molecule has 21 heavy (non-hydrogen) atoms. The molecule has 3 rings (SSSR count). The summed E-state index contributed by atoms with van der Waals surface area (Å²) in [5, 5.41) is 3.73. The highest BCUT2D eigenvalue weighted by atomic mass is 16.5. The molecule has 0 spiro atoms. The molecule has 1 unspecified atom stereocenters. The van der Waals surface area contributed by atoms with Crippen LogP contribution in [0.1, 0.15) is 32.3 Å². The van der Waals surface area contributed by atoms with E-state index in [-0.39, 0.29) is 5.54 Å². The Hall–Kier alpha value is -0.900. The second-order valence-electron chi connectivity index (χ2n) is 7.26. The van der Waals surface area contributed by atoms with Gasteiger partial charge in [0, 0.05) is 39.4 Å². The van der Waals surface area contributed by atoms with E-state index >= 15 is 0 Å². The quantitative estimate of drug-likeness (QED) is 0.925. The molecule has 0 amide bonds. The summed E-state index contributed by atoms with van der Waals surface area (Å²) in [5.74, 6) is 0.